The van der Waals surface area contributed by atoms with Crippen LogP contribution in [-0.2, 0) is 28.2 Å². The quantitative estimate of drug-likeness (QED) is 0.109. The molecule has 0 saturated carbocycles. The van der Waals surface area contributed by atoms with Gasteiger partial charge in [-0.3, -0.25) is 4.79 Å². The van der Waals surface area contributed by atoms with Crippen LogP contribution in [0.15, 0.2) is 12.2 Å². The number of unbranched alkanes of at least 4 members (excludes halogenated alkanes) is 3. The lowest BCUT2D eigenvalue weighted by Crippen LogP contribution is -2.68. The van der Waals surface area contributed by atoms with Gasteiger partial charge in [-0.2, -0.15) is 0 Å². The Morgan fingerprint density at radius 3 is 2.02 bits per heavy atom. The number of allylic oxidation sites excluding steroid dienone is 1. The Kier molecular flexibility index (Phi) is 12.6. The number of hydrogen-bond acceptors (Lipinski definition) is 6. The fourth-order valence-corrected chi connectivity index (χ4v) is 8.79. The minimum absolute atomic E-state index is 0.00369. The summed E-state index contributed by atoms with van der Waals surface area (Å²) in [4.78, 5) is 14.4. The van der Waals surface area contributed by atoms with E-state index in [1.165, 1.54) is 19.3 Å². The van der Waals surface area contributed by atoms with Gasteiger partial charge < -0.3 is 23.4 Å². The Bertz CT molecular complexity index is 952. The Hall–Kier alpha value is -0.573. The predicted octanol–water partition coefficient (Wildman–Crippen LogP) is 9.61. The van der Waals surface area contributed by atoms with Gasteiger partial charge in [-0.25, -0.2) is 0 Å². The van der Waals surface area contributed by atoms with Gasteiger partial charge in [-0.1, -0.05) is 80.4 Å². The second kappa shape index (κ2) is 14.0. The summed E-state index contributed by atoms with van der Waals surface area (Å²) in [6.07, 6.45) is 9.85. The molecule has 2 fully saturated rings. The lowest BCUT2D eigenvalue weighted by atomic mass is 9.75. The molecule has 2 heterocycles. The average molecular weight is 625 g/mol. The molecule has 43 heavy (non-hydrogen) atoms. The molecule has 0 amide bonds. The van der Waals surface area contributed by atoms with Crippen LogP contribution in [-0.4, -0.2) is 55.2 Å². The minimum atomic E-state index is -2.23. The van der Waals surface area contributed by atoms with E-state index in [2.05, 4.69) is 80.6 Å². The zero-order chi connectivity index (χ0) is 33.2. The summed E-state index contributed by atoms with van der Waals surface area (Å²) in [5, 5.41) is 0.00369. The molecule has 0 aromatic heterocycles. The number of hydrogen-bond donors (Lipinski definition) is 0. The van der Waals surface area contributed by atoms with Crippen LogP contribution in [0.4, 0.5) is 0 Å². The largest absolute Gasteiger partial charge is 0.406 e. The van der Waals surface area contributed by atoms with Gasteiger partial charge in [0.15, 0.2) is 19.9 Å². The third-order valence-electron chi connectivity index (χ3n) is 10.2. The normalized spacial score (nSPS) is 33.4. The van der Waals surface area contributed by atoms with Gasteiger partial charge >= 0.3 is 0 Å². The first kappa shape index (κ1) is 38.6. The molecule has 0 N–H and O–H groups in total. The fourth-order valence-electron chi connectivity index (χ4n) is 7.13. The molecule has 2 saturated heterocycles. The van der Waals surface area contributed by atoms with Crippen LogP contribution in [0.5, 0.6) is 0 Å². The summed E-state index contributed by atoms with van der Waals surface area (Å²) in [6.45, 7) is 33.9. The van der Waals surface area contributed by atoms with Gasteiger partial charge in [0, 0.05) is 17.8 Å². The van der Waals surface area contributed by atoms with E-state index in [0.717, 1.165) is 12.8 Å². The van der Waals surface area contributed by atoms with Crippen molar-refractivity contribution in [2.75, 3.05) is 0 Å². The number of ether oxygens (including phenoxy) is 4. The monoisotopic (exact) mass is 624 g/mol. The van der Waals surface area contributed by atoms with Crippen molar-refractivity contribution in [2.24, 2.45) is 17.8 Å². The molecular formula is C36H68O6Si. The second-order valence-corrected chi connectivity index (χ2v) is 21.2. The van der Waals surface area contributed by atoms with E-state index in [4.69, 9.17) is 23.4 Å². The van der Waals surface area contributed by atoms with Crippen LogP contribution >= 0.6 is 0 Å². The van der Waals surface area contributed by atoms with Gasteiger partial charge in [0.2, 0.25) is 0 Å². The highest BCUT2D eigenvalue weighted by atomic mass is 28.4. The van der Waals surface area contributed by atoms with Crippen molar-refractivity contribution in [1.29, 1.82) is 0 Å². The SMILES string of the molecule is CCCCC/C=C/[C@H](C)[C@H]1OC(C)(C)O[C@]1(C)C[C@H](C)C(=O)[C@H](C)[C@H]1OC(C)(C)O[C@H](CC)[C@@]1(C)O[Si](C)(C)C(C)(C)C. The molecule has 0 aromatic rings. The van der Waals surface area contributed by atoms with Crippen LogP contribution in [0.1, 0.15) is 135 Å². The molecule has 8 atom stereocenters. The molecule has 0 radical (unpaired) electrons. The number of carbonyl (C=O) groups excluding carboxylic acids is 1. The van der Waals surface area contributed by atoms with Crippen molar-refractivity contribution in [3.8, 4) is 0 Å². The van der Waals surface area contributed by atoms with E-state index in [9.17, 15) is 4.79 Å². The molecule has 0 unspecified atom stereocenters. The highest BCUT2D eigenvalue weighted by Gasteiger charge is 2.59. The zero-order valence-electron chi connectivity index (χ0n) is 30.8. The summed E-state index contributed by atoms with van der Waals surface area (Å²) in [5.41, 5.74) is -1.37. The molecule has 252 valence electrons. The standard InChI is InChI=1S/C36H68O6Si/c1-17-19-20-21-22-23-25(3)30-35(13,41-34(11,12)39-30)24-26(4)29(37)27(5)31-36(14,42-43(15,16)32(6,7)8)28(18-2)38-33(9,10)40-31/h22-23,25-28,30-31H,17-21,24H2,1-16H3/b23-22+/t25-,26-,27-,28+,30+,31+,35+,36+/m0/s1. The molecule has 0 spiro atoms. The van der Waals surface area contributed by atoms with Gasteiger partial charge in [-0.05, 0) is 85.4 Å². The molecule has 2 rings (SSSR count). The first-order valence-corrected chi connectivity index (χ1v) is 20.0. The van der Waals surface area contributed by atoms with Crippen molar-refractivity contribution in [2.45, 2.75) is 195 Å². The Morgan fingerprint density at radius 1 is 0.907 bits per heavy atom. The van der Waals surface area contributed by atoms with Gasteiger partial charge in [0.25, 0.3) is 0 Å². The van der Waals surface area contributed by atoms with Gasteiger partial charge in [-0.15, -0.1) is 0 Å². The molecule has 2 aliphatic heterocycles. The van der Waals surface area contributed by atoms with Crippen LogP contribution in [0.3, 0.4) is 0 Å². The lowest BCUT2D eigenvalue weighted by molar-refractivity contribution is -0.361. The van der Waals surface area contributed by atoms with E-state index < -0.39 is 43.1 Å². The maximum atomic E-state index is 14.4. The lowest BCUT2D eigenvalue weighted by Gasteiger charge is -2.57. The molecular weight excluding hydrogens is 556 g/mol. The maximum Gasteiger partial charge on any atom is 0.193 e. The Morgan fingerprint density at radius 2 is 1.49 bits per heavy atom. The number of carbonyl (C=O) groups is 1. The second-order valence-electron chi connectivity index (χ2n) is 16.4. The Balaban J connectivity index is 2.35. The summed E-state index contributed by atoms with van der Waals surface area (Å²) in [5.74, 6) is -1.85. The van der Waals surface area contributed by atoms with E-state index in [1.54, 1.807) is 0 Å². The molecule has 0 aliphatic carbocycles. The summed E-state index contributed by atoms with van der Waals surface area (Å²) in [6, 6.07) is 0. The van der Waals surface area contributed by atoms with Crippen molar-refractivity contribution >= 4 is 14.1 Å². The first-order valence-electron chi connectivity index (χ1n) is 17.1. The zero-order valence-corrected chi connectivity index (χ0v) is 31.8. The first-order chi connectivity index (χ1) is 19.5. The number of ketones is 1. The molecule has 7 heteroatoms. The van der Waals surface area contributed by atoms with E-state index in [1.807, 2.05) is 41.5 Å². The van der Waals surface area contributed by atoms with Crippen molar-refractivity contribution in [1.82, 2.24) is 0 Å². The highest BCUT2D eigenvalue weighted by Crippen LogP contribution is 2.48. The third-order valence-corrected chi connectivity index (χ3v) is 14.7. The molecule has 0 aromatic carbocycles. The Labute approximate surface area is 266 Å². The molecule has 6 nitrogen and oxygen atoms in total. The van der Waals surface area contributed by atoms with E-state index in [-0.39, 0.29) is 34.9 Å². The topological polar surface area (TPSA) is 63.2 Å². The van der Waals surface area contributed by atoms with Crippen LogP contribution in [0.25, 0.3) is 0 Å². The smallest absolute Gasteiger partial charge is 0.193 e. The summed E-state index contributed by atoms with van der Waals surface area (Å²) in [7, 11) is -2.23. The van der Waals surface area contributed by atoms with Crippen molar-refractivity contribution < 1.29 is 28.2 Å². The fraction of sp³-hybridized carbons (Fsp3) is 0.917. The van der Waals surface area contributed by atoms with Crippen LogP contribution in [0, 0.1) is 17.8 Å². The number of rotatable bonds is 14. The van der Waals surface area contributed by atoms with E-state index >= 15 is 0 Å². The average Bonchev–Trinajstić information content (AvgIpc) is 3.11. The highest BCUT2D eigenvalue weighted by molar-refractivity contribution is 6.74. The minimum Gasteiger partial charge on any atom is -0.406 e. The predicted molar refractivity (Wildman–Crippen MR) is 180 cm³/mol. The van der Waals surface area contributed by atoms with Crippen LogP contribution in [0.2, 0.25) is 18.1 Å². The van der Waals surface area contributed by atoms with Crippen LogP contribution < -0.4 is 0 Å². The van der Waals surface area contributed by atoms with Gasteiger partial charge in [0.05, 0.1) is 17.8 Å². The van der Waals surface area contributed by atoms with Crippen molar-refractivity contribution in [3.63, 3.8) is 0 Å². The summed E-state index contributed by atoms with van der Waals surface area (Å²) < 4.78 is 33.4. The number of Topliss-reactive ketones (excluding diaryl/α,β-unsaturated/α-hetero) is 1. The molecule has 2 aliphatic rings. The van der Waals surface area contributed by atoms with Gasteiger partial charge in [0.1, 0.15) is 17.5 Å². The molecule has 0 bridgehead atoms. The van der Waals surface area contributed by atoms with E-state index in [0.29, 0.717) is 6.42 Å². The van der Waals surface area contributed by atoms with Crippen molar-refractivity contribution in [3.05, 3.63) is 12.2 Å². The maximum absolute atomic E-state index is 14.4. The third kappa shape index (κ3) is 9.25. The summed E-state index contributed by atoms with van der Waals surface area (Å²) >= 11 is 0.